The first-order valence-electron chi connectivity index (χ1n) is 11.4. The maximum atomic E-state index is 6.96. The Morgan fingerprint density at radius 2 is 1.77 bits per heavy atom. The number of hydrogen-bond donors (Lipinski definition) is 1. The summed E-state index contributed by atoms with van der Waals surface area (Å²) in [5, 5.41) is 4.31. The molecule has 4 heteroatoms. The third-order valence-corrected chi connectivity index (χ3v) is 7.22. The molecule has 0 unspecified atom stereocenters. The van der Waals surface area contributed by atoms with E-state index in [0.717, 1.165) is 59.3 Å². The molecule has 1 heterocycles. The van der Waals surface area contributed by atoms with Crippen LogP contribution in [0.5, 0.6) is 5.88 Å². The molecule has 0 atom stereocenters. The number of nitrogens with one attached hydrogen (secondary N) is 1. The fourth-order valence-corrected chi connectivity index (χ4v) is 5.17. The van der Waals surface area contributed by atoms with Crippen molar-refractivity contribution in [1.29, 1.82) is 0 Å². The van der Waals surface area contributed by atoms with Gasteiger partial charge in [0.05, 0.1) is 17.8 Å². The predicted octanol–water partition coefficient (Wildman–Crippen LogP) is 6.46. The molecule has 0 bridgehead atoms. The van der Waals surface area contributed by atoms with Gasteiger partial charge in [-0.05, 0) is 67.3 Å². The van der Waals surface area contributed by atoms with Gasteiger partial charge in [0.2, 0.25) is 5.88 Å². The van der Waals surface area contributed by atoms with Gasteiger partial charge in [-0.2, -0.15) is 0 Å². The van der Waals surface area contributed by atoms with Gasteiger partial charge in [-0.1, -0.05) is 60.5 Å². The van der Waals surface area contributed by atoms with Gasteiger partial charge < -0.3 is 10.1 Å². The number of aromatic nitrogens is 1. The van der Waals surface area contributed by atoms with Crippen molar-refractivity contribution in [3.05, 3.63) is 70.2 Å². The third-order valence-electron chi connectivity index (χ3n) is 6.82. The maximum absolute atomic E-state index is 6.96. The molecular weight excluding hydrogens is 404 g/mol. The first-order valence-corrected chi connectivity index (χ1v) is 11.8. The Morgan fingerprint density at radius 3 is 2.58 bits per heavy atom. The molecule has 1 N–H and O–H groups in total. The van der Waals surface area contributed by atoms with E-state index in [1.165, 1.54) is 42.4 Å². The van der Waals surface area contributed by atoms with Crippen molar-refractivity contribution in [1.82, 2.24) is 10.3 Å². The molecule has 0 radical (unpaired) electrons. The van der Waals surface area contributed by atoms with E-state index in [4.69, 9.17) is 21.3 Å². The second kappa shape index (κ2) is 9.02. The van der Waals surface area contributed by atoms with Crippen LogP contribution in [0.25, 0.3) is 22.4 Å². The van der Waals surface area contributed by atoms with Gasteiger partial charge in [0, 0.05) is 23.2 Å². The summed E-state index contributed by atoms with van der Waals surface area (Å²) < 4.78 is 5.63. The first kappa shape index (κ1) is 20.5. The van der Waals surface area contributed by atoms with Crippen molar-refractivity contribution >= 4 is 11.6 Å². The summed E-state index contributed by atoms with van der Waals surface area (Å²) in [6.45, 7) is 1.84. The summed E-state index contributed by atoms with van der Waals surface area (Å²) in [6, 6.07) is 17.0. The second-order valence-corrected chi connectivity index (χ2v) is 9.13. The van der Waals surface area contributed by atoms with Crippen molar-refractivity contribution in [3.8, 4) is 28.3 Å². The number of ether oxygens (including phenoxy) is 1. The van der Waals surface area contributed by atoms with E-state index in [-0.39, 0.29) is 0 Å². The van der Waals surface area contributed by atoms with Crippen molar-refractivity contribution in [3.63, 3.8) is 0 Å². The van der Waals surface area contributed by atoms with Crippen LogP contribution in [0.1, 0.15) is 42.4 Å². The zero-order valence-corrected chi connectivity index (χ0v) is 18.8. The minimum absolute atomic E-state index is 0.667. The molecule has 2 aliphatic rings. The van der Waals surface area contributed by atoms with Crippen LogP contribution in [0.4, 0.5) is 0 Å². The maximum Gasteiger partial charge on any atom is 0.218 e. The Balaban J connectivity index is 1.44. The van der Waals surface area contributed by atoms with Crippen molar-refractivity contribution in [2.75, 3.05) is 13.7 Å². The highest BCUT2D eigenvalue weighted by Gasteiger charge is 2.20. The van der Waals surface area contributed by atoms with E-state index in [1.54, 1.807) is 7.11 Å². The lowest BCUT2D eigenvalue weighted by Gasteiger charge is -2.25. The first-order chi connectivity index (χ1) is 15.2. The number of halogens is 1. The van der Waals surface area contributed by atoms with Gasteiger partial charge in [0.25, 0.3) is 0 Å². The third kappa shape index (κ3) is 4.09. The topological polar surface area (TPSA) is 34.1 Å². The van der Waals surface area contributed by atoms with E-state index in [9.17, 15) is 0 Å². The number of nitrogens with zero attached hydrogens (tertiary/aromatic N) is 1. The van der Waals surface area contributed by atoms with Crippen LogP contribution in [-0.2, 0) is 19.4 Å². The number of hydrogen-bond acceptors (Lipinski definition) is 3. The van der Waals surface area contributed by atoms with Gasteiger partial charge in [-0.25, -0.2) is 4.98 Å². The molecule has 0 spiro atoms. The van der Waals surface area contributed by atoms with Gasteiger partial charge in [-0.3, -0.25) is 0 Å². The summed E-state index contributed by atoms with van der Waals surface area (Å²) in [5.41, 5.74) is 8.12. The number of aryl methyl sites for hydroxylation is 1. The largest absolute Gasteiger partial charge is 0.481 e. The average molecular weight is 433 g/mol. The van der Waals surface area contributed by atoms with Crippen LogP contribution < -0.4 is 10.1 Å². The highest BCUT2D eigenvalue weighted by molar-refractivity contribution is 6.36. The van der Waals surface area contributed by atoms with E-state index < -0.39 is 0 Å². The molecule has 31 heavy (non-hydrogen) atoms. The monoisotopic (exact) mass is 432 g/mol. The van der Waals surface area contributed by atoms with Crippen LogP contribution in [0.2, 0.25) is 5.02 Å². The molecule has 0 saturated heterocycles. The molecule has 1 saturated carbocycles. The lowest BCUT2D eigenvalue weighted by Crippen LogP contribution is -2.27. The SMILES string of the molecule is COc1nc(-c2cccc(-c3cccc4c3CCC4)c2Cl)ccc1CNCC1CCC1. The molecule has 160 valence electrons. The van der Waals surface area contributed by atoms with Gasteiger partial charge >= 0.3 is 0 Å². The smallest absolute Gasteiger partial charge is 0.218 e. The molecule has 1 fully saturated rings. The van der Waals surface area contributed by atoms with Gasteiger partial charge in [0.15, 0.2) is 0 Å². The van der Waals surface area contributed by atoms with Crippen LogP contribution in [-0.4, -0.2) is 18.6 Å². The summed E-state index contributed by atoms with van der Waals surface area (Å²) in [6.07, 6.45) is 7.58. The molecule has 2 aromatic carbocycles. The zero-order valence-electron chi connectivity index (χ0n) is 18.1. The number of benzene rings is 2. The Hall–Kier alpha value is -2.36. The van der Waals surface area contributed by atoms with E-state index in [2.05, 4.69) is 47.8 Å². The van der Waals surface area contributed by atoms with Crippen molar-refractivity contribution in [2.45, 2.75) is 45.1 Å². The fourth-order valence-electron chi connectivity index (χ4n) is 4.85. The minimum Gasteiger partial charge on any atom is -0.481 e. The minimum atomic E-state index is 0.667. The summed E-state index contributed by atoms with van der Waals surface area (Å²) >= 11 is 6.96. The summed E-state index contributed by atoms with van der Waals surface area (Å²) in [7, 11) is 1.69. The molecule has 0 amide bonds. The van der Waals surface area contributed by atoms with Crippen LogP contribution in [0.15, 0.2) is 48.5 Å². The van der Waals surface area contributed by atoms with Gasteiger partial charge in [-0.15, -0.1) is 0 Å². The number of fused-ring (bicyclic) bond motifs is 1. The fraction of sp³-hybridized carbons (Fsp3) is 0.370. The van der Waals surface area contributed by atoms with Gasteiger partial charge in [0.1, 0.15) is 0 Å². The Kier molecular flexibility index (Phi) is 5.97. The number of methoxy groups -OCH3 is 1. The van der Waals surface area contributed by atoms with E-state index >= 15 is 0 Å². The van der Waals surface area contributed by atoms with Crippen LogP contribution in [0.3, 0.4) is 0 Å². The van der Waals surface area contributed by atoms with E-state index in [1.807, 2.05) is 6.07 Å². The van der Waals surface area contributed by atoms with E-state index in [0.29, 0.717) is 5.88 Å². The average Bonchev–Trinajstić information content (AvgIpc) is 3.25. The Bertz CT molecular complexity index is 1090. The molecule has 3 nitrogen and oxygen atoms in total. The Morgan fingerprint density at radius 1 is 0.968 bits per heavy atom. The van der Waals surface area contributed by atoms with Crippen LogP contribution >= 0.6 is 11.6 Å². The second-order valence-electron chi connectivity index (χ2n) is 8.76. The van der Waals surface area contributed by atoms with Crippen molar-refractivity contribution in [2.24, 2.45) is 5.92 Å². The molecular formula is C27H29ClN2O. The number of rotatable bonds is 7. The standard InChI is InChI=1S/C27H29ClN2O/c1-31-27-20(17-29-16-18-6-2-7-18)14-15-25(30-27)24-13-5-12-23(26(24)28)22-11-4-9-19-8-3-10-21(19)22/h4-5,9,11-15,18,29H,2-3,6-8,10,16-17H2,1H3. The normalized spacial score (nSPS) is 15.5. The molecule has 3 aromatic rings. The van der Waals surface area contributed by atoms with Crippen LogP contribution in [0, 0.1) is 5.92 Å². The Labute approximate surface area is 189 Å². The van der Waals surface area contributed by atoms with Crippen molar-refractivity contribution < 1.29 is 4.74 Å². The number of pyridine rings is 1. The zero-order chi connectivity index (χ0) is 21.2. The quantitative estimate of drug-likeness (QED) is 0.465. The highest BCUT2D eigenvalue weighted by atomic mass is 35.5. The lowest BCUT2D eigenvalue weighted by atomic mass is 9.85. The highest BCUT2D eigenvalue weighted by Crippen LogP contribution is 2.40. The summed E-state index contributed by atoms with van der Waals surface area (Å²) in [5.74, 6) is 1.50. The summed E-state index contributed by atoms with van der Waals surface area (Å²) in [4.78, 5) is 4.81. The molecule has 0 aliphatic heterocycles. The predicted molar refractivity (Wildman–Crippen MR) is 128 cm³/mol. The molecule has 5 rings (SSSR count). The molecule has 2 aliphatic carbocycles. The lowest BCUT2D eigenvalue weighted by molar-refractivity contribution is 0.300. The molecule has 1 aromatic heterocycles.